The van der Waals surface area contributed by atoms with Gasteiger partial charge in [-0.3, -0.25) is 14.6 Å². The van der Waals surface area contributed by atoms with Crippen molar-refractivity contribution in [1.29, 1.82) is 0 Å². The lowest BCUT2D eigenvalue weighted by atomic mass is 9.98. The fourth-order valence-corrected chi connectivity index (χ4v) is 2.75. The van der Waals surface area contributed by atoms with Gasteiger partial charge in [0, 0.05) is 31.8 Å². The molecule has 1 aliphatic carbocycles. The summed E-state index contributed by atoms with van der Waals surface area (Å²) in [6.45, 7) is 7.10. The van der Waals surface area contributed by atoms with Gasteiger partial charge >= 0.3 is 0 Å². The van der Waals surface area contributed by atoms with Gasteiger partial charge in [-0.1, -0.05) is 13.3 Å². The number of amides is 1. The van der Waals surface area contributed by atoms with E-state index in [-0.39, 0.29) is 6.10 Å². The Kier molecular flexibility index (Phi) is 10.3. The summed E-state index contributed by atoms with van der Waals surface area (Å²) in [5.74, 6) is 0.338. The molecule has 1 saturated carbocycles. The molecule has 0 spiro atoms. The number of carbonyl (C=O) groups excluding carboxylic acids is 2. The Morgan fingerprint density at radius 3 is 2.48 bits per heavy atom. The minimum absolute atomic E-state index is 0.0810. The largest absolute Gasteiger partial charge is 0.465 e. The van der Waals surface area contributed by atoms with Gasteiger partial charge in [0.1, 0.15) is 0 Å². The van der Waals surface area contributed by atoms with E-state index < -0.39 is 0 Å². The molecule has 5 heteroatoms. The predicted molar refractivity (Wildman–Crippen MR) is 92.7 cm³/mol. The van der Waals surface area contributed by atoms with E-state index in [1.807, 2.05) is 18.7 Å². The lowest BCUT2D eigenvalue weighted by Crippen LogP contribution is -2.26. The first-order valence-electron chi connectivity index (χ1n) is 9.06. The molecule has 1 saturated heterocycles. The van der Waals surface area contributed by atoms with Crippen LogP contribution < -0.4 is 0 Å². The molecule has 1 atom stereocenters. The summed E-state index contributed by atoms with van der Waals surface area (Å²) in [5, 5.41) is 0. The summed E-state index contributed by atoms with van der Waals surface area (Å²) in [5.41, 5.74) is 1.42. The zero-order valence-corrected chi connectivity index (χ0v) is 14.8. The Morgan fingerprint density at radius 1 is 1.22 bits per heavy atom. The Morgan fingerprint density at radius 2 is 1.96 bits per heavy atom. The van der Waals surface area contributed by atoms with Crippen molar-refractivity contribution in [2.24, 2.45) is 4.99 Å². The number of ether oxygens (including phenoxy) is 1. The Balaban J connectivity index is 0.000000322. The minimum atomic E-state index is 0.0810. The Labute approximate surface area is 140 Å². The van der Waals surface area contributed by atoms with E-state index in [0.29, 0.717) is 12.4 Å². The highest BCUT2D eigenvalue weighted by Gasteiger charge is 2.18. The van der Waals surface area contributed by atoms with Crippen molar-refractivity contribution >= 4 is 18.1 Å². The molecule has 0 aromatic carbocycles. The average Bonchev–Trinajstić information content (AvgIpc) is 2.98. The molecule has 2 fully saturated rings. The van der Waals surface area contributed by atoms with Crippen molar-refractivity contribution in [3.63, 3.8) is 0 Å². The molecule has 0 aromatic rings. The van der Waals surface area contributed by atoms with E-state index in [9.17, 15) is 9.59 Å². The monoisotopic (exact) mass is 324 g/mol. The fourth-order valence-electron chi connectivity index (χ4n) is 2.75. The van der Waals surface area contributed by atoms with Crippen LogP contribution in [0.2, 0.25) is 0 Å². The van der Waals surface area contributed by atoms with Gasteiger partial charge in [-0.2, -0.15) is 0 Å². The van der Waals surface area contributed by atoms with Crippen molar-refractivity contribution < 1.29 is 14.3 Å². The van der Waals surface area contributed by atoms with Crippen LogP contribution in [0.25, 0.3) is 0 Å². The maximum Gasteiger partial charge on any atom is 0.293 e. The van der Waals surface area contributed by atoms with Gasteiger partial charge in [0.05, 0.1) is 6.10 Å². The summed E-state index contributed by atoms with van der Waals surface area (Å²) in [6.07, 6.45) is 10.3. The van der Waals surface area contributed by atoms with Crippen LogP contribution in [0, 0.1) is 0 Å². The van der Waals surface area contributed by atoms with E-state index in [4.69, 9.17) is 0 Å². The van der Waals surface area contributed by atoms with E-state index in [2.05, 4.69) is 9.73 Å². The molecule has 2 rings (SSSR count). The summed E-state index contributed by atoms with van der Waals surface area (Å²) in [4.78, 5) is 27.5. The van der Waals surface area contributed by atoms with Gasteiger partial charge in [-0.15, -0.1) is 0 Å². The number of carbonyl (C=O) groups is 2. The third kappa shape index (κ3) is 8.72. The molecule has 5 nitrogen and oxygen atoms in total. The van der Waals surface area contributed by atoms with Gasteiger partial charge in [-0.05, 0) is 51.9 Å². The lowest BCUT2D eigenvalue weighted by Gasteiger charge is -2.15. The van der Waals surface area contributed by atoms with Crippen molar-refractivity contribution in [3.8, 4) is 0 Å². The number of nitrogens with zero attached hydrogens (tertiary/aromatic N) is 2. The number of hydrogen-bond donors (Lipinski definition) is 0. The highest BCUT2D eigenvalue weighted by molar-refractivity contribution is 5.85. The maximum atomic E-state index is 11.4. The van der Waals surface area contributed by atoms with Gasteiger partial charge in [0.15, 0.2) is 0 Å². The van der Waals surface area contributed by atoms with Crippen LogP contribution >= 0.6 is 0 Å². The second kappa shape index (κ2) is 12.1. The van der Waals surface area contributed by atoms with E-state index in [0.717, 1.165) is 45.3 Å². The number of rotatable bonds is 7. The molecule has 0 N–H and O–H groups in total. The summed E-state index contributed by atoms with van der Waals surface area (Å²) >= 11 is 0. The third-order valence-corrected chi connectivity index (χ3v) is 4.39. The van der Waals surface area contributed by atoms with E-state index >= 15 is 0 Å². The maximum absolute atomic E-state index is 11.4. The second-order valence-electron chi connectivity index (χ2n) is 6.30. The molecule has 0 bridgehead atoms. The first kappa shape index (κ1) is 19.7. The second-order valence-corrected chi connectivity index (χ2v) is 6.30. The zero-order valence-electron chi connectivity index (χ0n) is 14.8. The van der Waals surface area contributed by atoms with Crippen LogP contribution in [0.3, 0.4) is 0 Å². The molecule has 0 aromatic heterocycles. The zero-order chi connectivity index (χ0) is 16.9. The normalized spacial score (nSPS) is 19.0. The van der Waals surface area contributed by atoms with Crippen molar-refractivity contribution in [1.82, 2.24) is 4.90 Å². The average molecular weight is 324 g/mol. The molecule has 132 valence electrons. The quantitative estimate of drug-likeness (QED) is 0.533. The number of aliphatic imine (C=N–C) groups is 1. The molecule has 0 radical (unpaired) electrons. The number of likely N-dealkylation sites (tertiary alicyclic amines) is 1. The van der Waals surface area contributed by atoms with Crippen LogP contribution in [0.1, 0.15) is 71.6 Å². The predicted octanol–water partition coefficient (Wildman–Crippen LogP) is 3.36. The standard InChI is InChI=1S/C13H22N2O.C5H10O2/c16-13-8-4-10-15(13)11-5-9-14-12-6-2-1-3-7-12;1-3-5(2)7-4-6/h1-11H2;4-5H,3H2,1-2H3. The Hall–Kier alpha value is -1.39. The van der Waals surface area contributed by atoms with Gasteiger partial charge < -0.3 is 9.64 Å². The lowest BCUT2D eigenvalue weighted by molar-refractivity contribution is -0.132. The SMILES string of the molecule is CCC(C)OC=O.O=C1CCCN1CCCN=C1CCCCC1. The van der Waals surface area contributed by atoms with Gasteiger partial charge in [-0.25, -0.2) is 0 Å². The Bertz CT molecular complexity index is 374. The van der Waals surface area contributed by atoms with Crippen LogP contribution in [0.4, 0.5) is 0 Å². The van der Waals surface area contributed by atoms with Crippen molar-refractivity contribution in [2.75, 3.05) is 19.6 Å². The van der Waals surface area contributed by atoms with Crippen molar-refractivity contribution in [2.45, 2.75) is 77.7 Å². The molecule has 1 aliphatic heterocycles. The smallest absolute Gasteiger partial charge is 0.293 e. The molecule has 23 heavy (non-hydrogen) atoms. The van der Waals surface area contributed by atoms with E-state index in [1.165, 1.54) is 37.8 Å². The highest BCUT2D eigenvalue weighted by atomic mass is 16.5. The summed E-state index contributed by atoms with van der Waals surface area (Å²) in [7, 11) is 0. The number of hydrogen-bond acceptors (Lipinski definition) is 4. The topological polar surface area (TPSA) is 59.0 Å². The third-order valence-electron chi connectivity index (χ3n) is 4.39. The molecule has 1 heterocycles. The summed E-state index contributed by atoms with van der Waals surface area (Å²) < 4.78 is 4.51. The van der Waals surface area contributed by atoms with E-state index in [1.54, 1.807) is 0 Å². The van der Waals surface area contributed by atoms with Crippen LogP contribution in [0.5, 0.6) is 0 Å². The first-order valence-corrected chi connectivity index (χ1v) is 9.06. The van der Waals surface area contributed by atoms with Gasteiger partial charge in [0.25, 0.3) is 6.47 Å². The van der Waals surface area contributed by atoms with Crippen LogP contribution in [0.15, 0.2) is 4.99 Å². The van der Waals surface area contributed by atoms with Crippen molar-refractivity contribution in [3.05, 3.63) is 0 Å². The van der Waals surface area contributed by atoms with Gasteiger partial charge in [0.2, 0.25) is 5.91 Å². The molecule has 1 amide bonds. The minimum Gasteiger partial charge on any atom is -0.465 e. The molecule has 1 unspecified atom stereocenters. The molecular weight excluding hydrogens is 292 g/mol. The fraction of sp³-hybridized carbons (Fsp3) is 0.833. The summed E-state index contributed by atoms with van der Waals surface area (Å²) in [6, 6.07) is 0. The molecule has 2 aliphatic rings. The molecular formula is C18H32N2O3. The highest BCUT2D eigenvalue weighted by Crippen LogP contribution is 2.15. The first-order chi connectivity index (χ1) is 11.2. The van der Waals surface area contributed by atoms with Crippen LogP contribution in [-0.2, 0) is 14.3 Å². The van der Waals surface area contributed by atoms with Crippen LogP contribution in [-0.4, -0.2) is 48.7 Å².